The zero-order valence-electron chi connectivity index (χ0n) is 20.0. The Morgan fingerprint density at radius 1 is 1.17 bits per heavy atom. The zero-order chi connectivity index (χ0) is 25.5. The number of carboxylic acid groups (broad SMARTS) is 1. The second-order valence-electron chi connectivity index (χ2n) is 8.58. The largest absolute Gasteiger partial charge is 0.477 e. The maximum absolute atomic E-state index is 12.6. The number of aromatic carboxylic acids is 1. The summed E-state index contributed by atoms with van der Waals surface area (Å²) in [5.74, 6) is 6.23. The summed E-state index contributed by atoms with van der Waals surface area (Å²) in [4.78, 5) is 24.9. The standard InChI is InChI=1S/C27H28N2O4S3/c1-19-17-34-18-22(19)6-5-20-3-2-4-21(15-20)16-23(30)9-11-28-13-14-35-27(33)29(28)12-10-24-7-8-25(36-24)26(31)32/h2-4,7-8,15,17-18,23,30H,9-14,16H2,1H3,(H,31,32). The second-order valence-corrected chi connectivity index (χ2v) is 11.5. The van der Waals surface area contributed by atoms with Crippen LogP contribution in [0.1, 0.15) is 43.2 Å². The molecule has 1 atom stereocenters. The molecule has 1 fully saturated rings. The Kier molecular flexibility index (Phi) is 9.24. The topological polar surface area (TPSA) is 81.1 Å². The molecule has 1 aromatic carbocycles. The molecule has 3 heterocycles. The van der Waals surface area contributed by atoms with Crippen molar-refractivity contribution in [3.8, 4) is 11.8 Å². The summed E-state index contributed by atoms with van der Waals surface area (Å²) >= 11 is 4.19. The van der Waals surface area contributed by atoms with Crippen molar-refractivity contribution in [2.45, 2.75) is 32.3 Å². The van der Waals surface area contributed by atoms with Crippen LogP contribution < -0.4 is 0 Å². The van der Waals surface area contributed by atoms with Crippen LogP contribution in [-0.4, -0.2) is 62.9 Å². The van der Waals surface area contributed by atoms with Crippen molar-refractivity contribution in [2.24, 2.45) is 0 Å². The predicted octanol–water partition coefficient (Wildman–Crippen LogP) is 5.14. The number of thioether (sulfide) groups is 1. The molecule has 36 heavy (non-hydrogen) atoms. The van der Waals surface area contributed by atoms with Crippen LogP contribution in [-0.2, 0) is 12.8 Å². The molecule has 0 saturated carbocycles. The maximum Gasteiger partial charge on any atom is 0.345 e. The summed E-state index contributed by atoms with van der Waals surface area (Å²) in [5.41, 5.74) is 4.19. The number of nitrogens with zero attached hydrogens (tertiary/aromatic N) is 2. The van der Waals surface area contributed by atoms with Crippen LogP contribution in [0.2, 0.25) is 0 Å². The van der Waals surface area contributed by atoms with Crippen molar-refractivity contribution in [3.63, 3.8) is 0 Å². The van der Waals surface area contributed by atoms with Crippen LogP contribution in [0.4, 0.5) is 4.79 Å². The van der Waals surface area contributed by atoms with Gasteiger partial charge in [0.2, 0.25) is 0 Å². The van der Waals surface area contributed by atoms with E-state index in [-0.39, 0.29) is 5.24 Å². The molecular weight excluding hydrogens is 513 g/mol. The first kappa shape index (κ1) is 26.5. The van der Waals surface area contributed by atoms with Crippen LogP contribution in [0.15, 0.2) is 47.2 Å². The van der Waals surface area contributed by atoms with Gasteiger partial charge in [0.15, 0.2) is 0 Å². The van der Waals surface area contributed by atoms with E-state index in [1.807, 2.05) is 35.3 Å². The molecule has 1 amide bonds. The number of aliphatic hydroxyl groups is 1. The van der Waals surface area contributed by atoms with Crippen molar-refractivity contribution >= 4 is 45.6 Å². The molecule has 0 bridgehead atoms. The lowest BCUT2D eigenvalue weighted by molar-refractivity contribution is 0.0148. The van der Waals surface area contributed by atoms with Gasteiger partial charge >= 0.3 is 5.97 Å². The van der Waals surface area contributed by atoms with Crippen molar-refractivity contribution < 1.29 is 19.8 Å². The van der Waals surface area contributed by atoms with E-state index in [4.69, 9.17) is 5.11 Å². The molecule has 188 valence electrons. The smallest absolute Gasteiger partial charge is 0.345 e. The van der Waals surface area contributed by atoms with Gasteiger partial charge in [0.1, 0.15) is 4.88 Å². The molecule has 0 radical (unpaired) electrons. The number of carbonyl (C=O) groups excluding carboxylic acids is 1. The van der Waals surface area contributed by atoms with Gasteiger partial charge < -0.3 is 10.2 Å². The number of aryl methyl sites for hydroxylation is 1. The lowest BCUT2D eigenvalue weighted by Crippen LogP contribution is -2.51. The Bertz CT molecular complexity index is 1270. The van der Waals surface area contributed by atoms with Crippen molar-refractivity contribution in [3.05, 3.63) is 79.2 Å². The number of hydrogen-bond acceptors (Lipinski definition) is 7. The molecule has 2 aromatic heterocycles. The Morgan fingerprint density at radius 3 is 2.78 bits per heavy atom. The third kappa shape index (κ3) is 7.21. The van der Waals surface area contributed by atoms with Crippen LogP contribution >= 0.6 is 34.4 Å². The number of rotatable bonds is 9. The number of carbonyl (C=O) groups is 2. The van der Waals surface area contributed by atoms with E-state index in [1.165, 1.54) is 28.7 Å². The fourth-order valence-electron chi connectivity index (χ4n) is 3.93. The molecule has 1 unspecified atom stereocenters. The number of aliphatic hydroxyl groups excluding tert-OH is 1. The molecular formula is C27H28N2O4S3. The Balaban J connectivity index is 1.31. The fourth-order valence-corrected chi connectivity index (χ4v) is 6.38. The van der Waals surface area contributed by atoms with E-state index in [0.717, 1.165) is 33.9 Å². The highest BCUT2D eigenvalue weighted by Gasteiger charge is 2.27. The maximum atomic E-state index is 12.6. The summed E-state index contributed by atoms with van der Waals surface area (Å²) < 4.78 is 0. The lowest BCUT2D eigenvalue weighted by atomic mass is 10.0. The Labute approximate surface area is 223 Å². The first-order chi connectivity index (χ1) is 17.4. The third-order valence-electron chi connectivity index (χ3n) is 5.89. The van der Waals surface area contributed by atoms with Crippen LogP contribution in [0.25, 0.3) is 0 Å². The number of hydrogen-bond donors (Lipinski definition) is 2. The van der Waals surface area contributed by atoms with Gasteiger partial charge in [0.05, 0.1) is 6.10 Å². The lowest BCUT2D eigenvalue weighted by Gasteiger charge is -2.38. The minimum atomic E-state index is -0.929. The van der Waals surface area contributed by atoms with Gasteiger partial charge in [-0.2, -0.15) is 11.3 Å². The summed E-state index contributed by atoms with van der Waals surface area (Å²) in [5, 5.41) is 27.7. The second kappa shape index (κ2) is 12.6. The molecule has 9 heteroatoms. The SMILES string of the molecule is Cc1cscc1C#Cc1cccc(CC(O)CCN2CCSC(=O)N2CCc2ccc(C(=O)O)s2)c1. The Morgan fingerprint density at radius 2 is 2.03 bits per heavy atom. The minimum Gasteiger partial charge on any atom is -0.477 e. The van der Waals surface area contributed by atoms with E-state index in [9.17, 15) is 14.7 Å². The van der Waals surface area contributed by atoms with Crippen molar-refractivity contribution in [1.82, 2.24) is 10.0 Å². The number of carboxylic acids is 1. The minimum absolute atomic E-state index is 0.00196. The number of thiophene rings is 2. The molecule has 1 aliphatic rings. The molecule has 1 saturated heterocycles. The summed E-state index contributed by atoms with van der Waals surface area (Å²) in [7, 11) is 0. The zero-order valence-corrected chi connectivity index (χ0v) is 22.4. The number of benzene rings is 1. The highest BCUT2D eigenvalue weighted by atomic mass is 32.2. The van der Waals surface area contributed by atoms with Gasteiger partial charge in [-0.05, 0) is 60.5 Å². The van der Waals surface area contributed by atoms with Crippen molar-refractivity contribution in [1.29, 1.82) is 0 Å². The van der Waals surface area contributed by atoms with Crippen LogP contribution in [0.5, 0.6) is 0 Å². The molecule has 3 aromatic rings. The normalized spacial score (nSPS) is 14.9. The molecule has 1 aliphatic heterocycles. The molecule has 0 aliphatic carbocycles. The van der Waals surface area contributed by atoms with E-state index in [0.29, 0.717) is 37.2 Å². The highest BCUT2D eigenvalue weighted by molar-refractivity contribution is 8.13. The van der Waals surface area contributed by atoms with E-state index < -0.39 is 12.1 Å². The monoisotopic (exact) mass is 540 g/mol. The average Bonchev–Trinajstić information content (AvgIpc) is 3.50. The van der Waals surface area contributed by atoms with E-state index in [2.05, 4.69) is 29.5 Å². The molecule has 2 N–H and O–H groups in total. The Hall–Kier alpha value is -2.61. The van der Waals surface area contributed by atoms with E-state index in [1.54, 1.807) is 22.4 Å². The third-order valence-corrected chi connectivity index (χ3v) is 8.72. The van der Waals surface area contributed by atoms with Crippen LogP contribution in [0, 0.1) is 18.8 Å². The first-order valence-corrected chi connectivity index (χ1v) is 14.5. The predicted molar refractivity (Wildman–Crippen MR) is 147 cm³/mol. The number of amides is 1. The summed E-state index contributed by atoms with van der Waals surface area (Å²) in [6.45, 7) is 3.86. The quantitative estimate of drug-likeness (QED) is 0.366. The van der Waals surface area contributed by atoms with Gasteiger partial charge in [-0.25, -0.2) is 9.80 Å². The highest BCUT2D eigenvalue weighted by Crippen LogP contribution is 2.22. The van der Waals surface area contributed by atoms with E-state index >= 15 is 0 Å². The average molecular weight is 541 g/mol. The van der Waals surface area contributed by atoms with Gasteiger partial charge in [-0.1, -0.05) is 35.7 Å². The fraction of sp³-hybridized carbons (Fsp3) is 0.333. The van der Waals surface area contributed by atoms with Gasteiger partial charge in [0, 0.05) is 53.2 Å². The summed E-state index contributed by atoms with van der Waals surface area (Å²) in [6, 6.07) is 11.4. The van der Waals surface area contributed by atoms with Crippen molar-refractivity contribution in [2.75, 3.05) is 25.4 Å². The van der Waals surface area contributed by atoms with Gasteiger partial charge in [-0.3, -0.25) is 9.80 Å². The summed E-state index contributed by atoms with van der Waals surface area (Å²) in [6.07, 6.45) is 1.13. The molecule has 6 nitrogen and oxygen atoms in total. The van der Waals surface area contributed by atoms with Crippen LogP contribution in [0.3, 0.4) is 0 Å². The first-order valence-electron chi connectivity index (χ1n) is 11.7. The molecule has 4 rings (SSSR count). The van der Waals surface area contributed by atoms with Gasteiger partial charge in [-0.15, -0.1) is 11.3 Å². The number of hydrazine groups is 1. The molecule has 0 spiro atoms. The van der Waals surface area contributed by atoms with Gasteiger partial charge in [0.25, 0.3) is 5.24 Å².